The van der Waals surface area contributed by atoms with Crippen LogP contribution in [-0.2, 0) is 20.5 Å². The van der Waals surface area contributed by atoms with Gasteiger partial charge in [-0.15, -0.1) is 0 Å². The number of carbonyl (C=O) groups excluding carboxylic acids is 2. The molecule has 33 heavy (non-hydrogen) atoms. The van der Waals surface area contributed by atoms with E-state index in [4.69, 9.17) is 10.5 Å². The fourth-order valence-electron chi connectivity index (χ4n) is 3.35. The van der Waals surface area contributed by atoms with E-state index in [0.29, 0.717) is 11.5 Å². The molecule has 0 bridgehead atoms. The first kappa shape index (κ1) is 24.1. The molecule has 2 aromatic carbocycles. The van der Waals surface area contributed by atoms with E-state index < -0.39 is 35.7 Å². The number of aromatic amines is 1. The number of hydrogen-bond donors (Lipinski definition) is 4. The van der Waals surface area contributed by atoms with Gasteiger partial charge in [0.1, 0.15) is 6.10 Å². The Bertz CT molecular complexity index is 1080. The third-order valence-corrected chi connectivity index (χ3v) is 5.04. The fraction of sp³-hybridized carbons (Fsp3) is 0.318. The number of amides is 2. The van der Waals surface area contributed by atoms with Crippen molar-refractivity contribution < 1.29 is 27.5 Å². The van der Waals surface area contributed by atoms with Crippen LogP contribution in [0.15, 0.2) is 48.5 Å². The highest BCUT2D eigenvalue weighted by Crippen LogP contribution is 2.32. The van der Waals surface area contributed by atoms with Crippen LogP contribution in [0.1, 0.15) is 30.0 Å². The highest BCUT2D eigenvalue weighted by molar-refractivity contribution is 5.80. The van der Waals surface area contributed by atoms with Crippen LogP contribution in [0.25, 0.3) is 11.0 Å². The first-order valence-electron chi connectivity index (χ1n) is 10.1. The molecule has 0 aliphatic heterocycles. The van der Waals surface area contributed by atoms with Crippen LogP contribution >= 0.6 is 0 Å². The van der Waals surface area contributed by atoms with E-state index in [1.165, 1.54) is 19.2 Å². The van der Waals surface area contributed by atoms with Gasteiger partial charge in [-0.1, -0.05) is 24.3 Å². The Labute approximate surface area is 187 Å². The van der Waals surface area contributed by atoms with Crippen LogP contribution in [0.2, 0.25) is 0 Å². The Balaban J connectivity index is 1.78. The first-order valence-corrected chi connectivity index (χ1v) is 10.1. The number of primary amides is 1. The second kappa shape index (κ2) is 10.3. The minimum absolute atomic E-state index is 0.111. The van der Waals surface area contributed by atoms with Gasteiger partial charge in [-0.2, -0.15) is 13.2 Å². The summed E-state index contributed by atoms with van der Waals surface area (Å²) in [5, 5.41) is 5.67. The molecule has 3 aromatic rings. The number of nitrogens with one attached hydrogen (secondary N) is 3. The van der Waals surface area contributed by atoms with Gasteiger partial charge in [-0.25, -0.2) is 4.98 Å². The van der Waals surface area contributed by atoms with Crippen LogP contribution in [0.3, 0.4) is 0 Å². The first-order chi connectivity index (χ1) is 15.7. The van der Waals surface area contributed by atoms with E-state index in [9.17, 15) is 22.8 Å². The van der Waals surface area contributed by atoms with Crippen LogP contribution in [0.5, 0.6) is 0 Å². The van der Waals surface area contributed by atoms with Gasteiger partial charge in [0.25, 0.3) is 0 Å². The molecule has 2 atom stereocenters. The van der Waals surface area contributed by atoms with E-state index in [1.807, 2.05) is 18.2 Å². The number of hydrogen-bond acceptors (Lipinski definition) is 5. The van der Waals surface area contributed by atoms with Crippen molar-refractivity contribution in [1.29, 1.82) is 0 Å². The van der Waals surface area contributed by atoms with E-state index in [-0.39, 0.29) is 24.9 Å². The Morgan fingerprint density at radius 3 is 2.61 bits per heavy atom. The van der Waals surface area contributed by atoms with Crippen molar-refractivity contribution in [3.05, 3.63) is 59.7 Å². The predicted molar refractivity (Wildman–Crippen MR) is 116 cm³/mol. The number of anilines is 1. The third kappa shape index (κ3) is 6.45. The molecular weight excluding hydrogens is 439 g/mol. The maximum Gasteiger partial charge on any atom is 0.416 e. The summed E-state index contributed by atoms with van der Waals surface area (Å²) in [6, 6.07) is 11.2. The Kier molecular flexibility index (Phi) is 7.54. The highest BCUT2D eigenvalue weighted by atomic mass is 19.4. The van der Waals surface area contributed by atoms with Gasteiger partial charge in [-0.3, -0.25) is 9.59 Å². The molecule has 1 heterocycles. The molecule has 0 aliphatic rings. The van der Waals surface area contributed by atoms with Gasteiger partial charge in [0, 0.05) is 13.7 Å². The minimum atomic E-state index is -4.52. The Hall–Kier alpha value is -3.60. The van der Waals surface area contributed by atoms with E-state index >= 15 is 0 Å². The molecule has 2 unspecified atom stereocenters. The molecule has 8 nitrogen and oxygen atoms in total. The number of ether oxygens (including phenoxy) is 1. The summed E-state index contributed by atoms with van der Waals surface area (Å²) in [6.07, 6.45) is -5.38. The van der Waals surface area contributed by atoms with Gasteiger partial charge in [0.05, 0.1) is 29.1 Å². The summed E-state index contributed by atoms with van der Waals surface area (Å²) in [7, 11) is 1.33. The second-order valence-corrected chi connectivity index (χ2v) is 7.39. The lowest BCUT2D eigenvalue weighted by Crippen LogP contribution is -2.35. The van der Waals surface area contributed by atoms with Crippen molar-refractivity contribution in [2.75, 3.05) is 19.0 Å². The lowest BCUT2D eigenvalue weighted by atomic mass is 10.0. The Morgan fingerprint density at radius 2 is 1.94 bits per heavy atom. The smallest absolute Gasteiger partial charge is 0.372 e. The second-order valence-electron chi connectivity index (χ2n) is 7.39. The molecule has 0 radical (unpaired) electrons. The summed E-state index contributed by atoms with van der Waals surface area (Å²) < 4.78 is 44.6. The largest absolute Gasteiger partial charge is 0.416 e. The fourth-order valence-corrected chi connectivity index (χ4v) is 3.35. The zero-order chi connectivity index (χ0) is 24.0. The summed E-state index contributed by atoms with van der Waals surface area (Å²) in [5.74, 6) is -0.764. The number of para-hydroxylation sites is 2. The summed E-state index contributed by atoms with van der Waals surface area (Å²) in [6.45, 7) is 0.111. The molecular formula is C22H24F3N5O3. The molecule has 1 aromatic heterocycles. The number of rotatable bonds is 10. The van der Waals surface area contributed by atoms with Gasteiger partial charge in [0.15, 0.2) is 0 Å². The molecule has 0 saturated carbocycles. The molecule has 2 amide bonds. The molecule has 3 rings (SSSR count). The normalized spacial score (nSPS) is 13.5. The maximum atomic E-state index is 13.2. The van der Waals surface area contributed by atoms with E-state index in [1.54, 1.807) is 6.07 Å². The molecule has 0 aliphatic carbocycles. The maximum absolute atomic E-state index is 13.2. The molecule has 0 fully saturated rings. The zero-order valence-corrected chi connectivity index (χ0v) is 17.8. The van der Waals surface area contributed by atoms with Crippen LogP contribution in [0.4, 0.5) is 19.1 Å². The monoisotopic (exact) mass is 463 g/mol. The van der Waals surface area contributed by atoms with Crippen molar-refractivity contribution >= 4 is 28.8 Å². The minimum Gasteiger partial charge on any atom is -0.372 e. The van der Waals surface area contributed by atoms with Gasteiger partial charge >= 0.3 is 6.18 Å². The number of aromatic nitrogens is 2. The topological polar surface area (TPSA) is 122 Å². The van der Waals surface area contributed by atoms with Gasteiger partial charge in [-0.05, 0) is 36.2 Å². The van der Waals surface area contributed by atoms with Crippen molar-refractivity contribution in [2.24, 2.45) is 5.73 Å². The SMILES string of the molecule is COC(CCNC(=O)CC(Nc1nc2ccccc2[nH]1)c1cccc(C(F)(F)F)c1)C(N)=O. The van der Waals surface area contributed by atoms with Crippen LogP contribution in [-0.4, -0.2) is 41.5 Å². The van der Waals surface area contributed by atoms with E-state index in [0.717, 1.165) is 17.6 Å². The number of alkyl halides is 3. The van der Waals surface area contributed by atoms with Crippen LogP contribution < -0.4 is 16.4 Å². The number of H-pyrrole nitrogens is 1. The van der Waals surface area contributed by atoms with Gasteiger partial charge in [0.2, 0.25) is 17.8 Å². The number of benzene rings is 2. The standard InChI is InChI=1S/C22H24F3N5O3/c1-33-18(20(26)32)9-10-27-19(31)12-17(13-5-4-6-14(11-13)22(23,24)25)30-21-28-15-7-2-3-8-16(15)29-21/h2-8,11,17-18H,9-10,12H2,1H3,(H2,26,32)(H,27,31)(H2,28,29,30). The van der Waals surface area contributed by atoms with Crippen LogP contribution in [0, 0.1) is 0 Å². The molecule has 176 valence electrons. The lowest BCUT2D eigenvalue weighted by Gasteiger charge is -2.20. The Morgan fingerprint density at radius 1 is 1.18 bits per heavy atom. The van der Waals surface area contributed by atoms with Crippen molar-refractivity contribution in [3.63, 3.8) is 0 Å². The molecule has 0 spiro atoms. The number of halogens is 3. The van der Waals surface area contributed by atoms with Crippen molar-refractivity contribution in [3.8, 4) is 0 Å². The number of fused-ring (bicyclic) bond motifs is 1. The average Bonchev–Trinajstić information content (AvgIpc) is 3.18. The number of carbonyl (C=O) groups is 2. The number of methoxy groups -OCH3 is 1. The average molecular weight is 463 g/mol. The van der Waals surface area contributed by atoms with Crippen molar-refractivity contribution in [1.82, 2.24) is 15.3 Å². The predicted octanol–water partition coefficient (Wildman–Crippen LogP) is 3.13. The number of imidazole rings is 1. The van der Waals surface area contributed by atoms with Gasteiger partial charge < -0.3 is 26.1 Å². The third-order valence-electron chi connectivity index (χ3n) is 5.04. The summed E-state index contributed by atoms with van der Waals surface area (Å²) in [4.78, 5) is 31.2. The lowest BCUT2D eigenvalue weighted by molar-refractivity contribution is -0.137. The number of nitrogens with zero attached hydrogens (tertiary/aromatic N) is 1. The highest BCUT2D eigenvalue weighted by Gasteiger charge is 2.31. The summed E-state index contributed by atoms with van der Waals surface area (Å²) >= 11 is 0. The van der Waals surface area contributed by atoms with Crippen molar-refractivity contribution in [2.45, 2.75) is 31.2 Å². The van der Waals surface area contributed by atoms with E-state index in [2.05, 4.69) is 20.6 Å². The molecule has 0 saturated heterocycles. The molecule has 5 N–H and O–H groups in total. The zero-order valence-electron chi connectivity index (χ0n) is 17.8. The summed E-state index contributed by atoms with van der Waals surface area (Å²) in [5.41, 5.74) is 6.06. The quantitative estimate of drug-likeness (QED) is 0.368. The number of nitrogens with two attached hydrogens (primary N) is 1. The molecule has 11 heteroatoms.